The fourth-order valence-corrected chi connectivity index (χ4v) is 1.83. The van der Waals surface area contributed by atoms with Gasteiger partial charge < -0.3 is 9.47 Å². The van der Waals surface area contributed by atoms with E-state index < -0.39 is 0 Å². The van der Waals surface area contributed by atoms with E-state index in [1.54, 1.807) is 0 Å². The summed E-state index contributed by atoms with van der Waals surface area (Å²) in [6.45, 7) is 1.74. The zero-order chi connectivity index (χ0) is 9.36. The standard InChI is InChI=1S/C10H19BrO2.Mg/c11-7-3-1-4-8-12-10-6-2-5-9-13-10;/h10H,1-9H2;. The molecule has 0 spiro atoms. The number of alkyl halides is 1. The predicted molar refractivity (Wildman–Crippen MR) is 62.9 cm³/mol. The van der Waals surface area contributed by atoms with Crippen molar-refractivity contribution in [3.8, 4) is 0 Å². The second-order valence-corrected chi connectivity index (χ2v) is 4.21. The highest BCUT2D eigenvalue weighted by Crippen LogP contribution is 2.14. The van der Waals surface area contributed by atoms with Gasteiger partial charge in [0, 0.05) is 41.6 Å². The Morgan fingerprint density at radius 3 is 2.71 bits per heavy atom. The Morgan fingerprint density at radius 1 is 1.21 bits per heavy atom. The van der Waals surface area contributed by atoms with E-state index >= 15 is 0 Å². The lowest BCUT2D eigenvalue weighted by molar-refractivity contribution is -0.162. The van der Waals surface area contributed by atoms with Crippen LogP contribution in [-0.4, -0.2) is 47.9 Å². The third-order valence-corrected chi connectivity index (χ3v) is 2.78. The number of unbranched alkanes of at least 4 members (excludes halogenated alkanes) is 2. The minimum absolute atomic E-state index is 0. The summed E-state index contributed by atoms with van der Waals surface area (Å²) in [7, 11) is 0. The molecule has 0 aliphatic carbocycles. The molecule has 1 unspecified atom stereocenters. The second-order valence-electron chi connectivity index (χ2n) is 3.42. The van der Waals surface area contributed by atoms with E-state index in [0.29, 0.717) is 0 Å². The maximum atomic E-state index is 5.59. The van der Waals surface area contributed by atoms with Gasteiger partial charge in [-0.15, -0.1) is 0 Å². The molecule has 1 atom stereocenters. The molecule has 1 aliphatic heterocycles. The van der Waals surface area contributed by atoms with Crippen LogP contribution in [0.1, 0.15) is 38.5 Å². The first-order valence-electron chi connectivity index (χ1n) is 5.22. The van der Waals surface area contributed by atoms with Crippen molar-refractivity contribution in [3.05, 3.63) is 0 Å². The molecule has 0 bridgehead atoms. The summed E-state index contributed by atoms with van der Waals surface area (Å²) in [5.41, 5.74) is 0. The maximum absolute atomic E-state index is 5.59. The van der Waals surface area contributed by atoms with E-state index in [2.05, 4.69) is 15.9 Å². The third-order valence-electron chi connectivity index (χ3n) is 2.22. The van der Waals surface area contributed by atoms with E-state index in [1.165, 1.54) is 25.7 Å². The number of hydrogen-bond donors (Lipinski definition) is 0. The van der Waals surface area contributed by atoms with Crippen molar-refractivity contribution < 1.29 is 9.47 Å². The smallest absolute Gasteiger partial charge is 0.157 e. The molecule has 80 valence electrons. The predicted octanol–water partition coefficient (Wildman–Crippen LogP) is 2.71. The lowest BCUT2D eigenvalue weighted by Gasteiger charge is -2.22. The Bertz CT molecular complexity index is 119. The molecule has 0 amide bonds. The first kappa shape index (κ1) is 15.2. The van der Waals surface area contributed by atoms with Gasteiger partial charge in [0.1, 0.15) is 0 Å². The zero-order valence-electron chi connectivity index (χ0n) is 8.84. The number of halogens is 1. The van der Waals surface area contributed by atoms with Gasteiger partial charge in [0.25, 0.3) is 0 Å². The highest BCUT2D eigenvalue weighted by atomic mass is 79.9. The molecule has 1 fully saturated rings. The Hall–Kier alpha value is 1.17. The molecule has 4 heteroatoms. The summed E-state index contributed by atoms with van der Waals surface area (Å²) < 4.78 is 11.0. The van der Waals surface area contributed by atoms with Gasteiger partial charge in [-0.25, -0.2) is 0 Å². The average molecular weight is 275 g/mol. The zero-order valence-corrected chi connectivity index (χ0v) is 11.8. The molecule has 0 N–H and O–H groups in total. The molecule has 14 heavy (non-hydrogen) atoms. The van der Waals surface area contributed by atoms with Crippen LogP contribution in [0.15, 0.2) is 0 Å². The van der Waals surface area contributed by atoms with E-state index in [9.17, 15) is 0 Å². The Balaban J connectivity index is 0.00000169. The Labute approximate surface area is 111 Å². The van der Waals surface area contributed by atoms with Crippen molar-refractivity contribution in [3.63, 3.8) is 0 Å². The number of rotatable bonds is 6. The fraction of sp³-hybridized carbons (Fsp3) is 1.00. The van der Waals surface area contributed by atoms with Crippen LogP contribution in [-0.2, 0) is 9.47 Å². The first-order chi connectivity index (χ1) is 6.43. The first-order valence-corrected chi connectivity index (χ1v) is 6.35. The van der Waals surface area contributed by atoms with Crippen molar-refractivity contribution in [1.29, 1.82) is 0 Å². The molecule has 1 saturated heterocycles. The summed E-state index contributed by atoms with van der Waals surface area (Å²) in [6, 6.07) is 0. The molecule has 1 rings (SSSR count). The Kier molecular flexibility index (Phi) is 11.6. The van der Waals surface area contributed by atoms with Crippen LogP contribution >= 0.6 is 15.9 Å². The molecule has 0 aromatic rings. The third kappa shape index (κ3) is 7.46. The van der Waals surface area contributed by atoms with Crippen molar-refractivity contribution in [1.82, 2.24) is 0 Å². The average Bonchev–Trinajstić information content (AvgIpc) is 2.19. The minimum Gasteiger partial charge on any atom is -0.353 e. The maximum Gasteiger partial charge on any atom is 0.157 e. The molecule has 1 aliphatic rings. The van der Waals surface area contributed by atoms with Crippen LogP contribution in [0.2, 0.25) is 0 Å². The van der Waals surface area contributed by atoms with Gasteiger partial charge >= 0.3 is 0 Å². The normalized spacial score (nSPS) is 21.6. The summed E-state index contributed by atoms with van der Waals surface area (Å²) in [5, 5.41) is 1.10. The van der Waals surface area contributed by atoms with Crippen LogP contribution in [0.5, 0.6) is 0 Å². The Morgan fingerprint density at radius 2 is 2.07 bits per heavy atom. The van der Waals surface area contributed by atoms with Gasteiger partial charge in [-0.2, -0.15) is 0 Å². The highest BCUT2D eigenvalue weighted by molar-refractivity contribution is 9.09. The SMILES string of the molecule is BrCCCCCOC1CCCCO1.[Mg]. The van der Waals surface area contributed by atoms with Crippen LogP contribution in [0.3, 0.4) is 0 Å². The van der Waals surface area contributed by atoms with Gasteiger partial charge in [-0.1, -0.05) is 22.4 Å². The van der Waals surface area contributed by atoms with Crippen molar-refractivity contribution in [2.24, 2.45) is 0 Å². The monoisotopic (exact) mass is 274 g/mol. The second kappa shape index (κ2) is 10.7. The van der Waals surface area contributed by atoms with E-state index in [-0.39, 0.29) is 29.3 Å². The quantitative estimate of drug-likeness (QED) is 0.421. The van der Waals surface area contributed by atoms with Gasteiger partial charge in [0.15, 0.2) is 6.29 Å². The van der Waals surface area contributed by atoms with Crippen LogP contribution in [0.4, 0.5) is 0 Å². The molecular weight excluding hydrogens is 256 g/mol. The largest absolute Gasteiger partial charge is 0.353 e. The highest BCUT2D eigenvalue weighted by Gasteiger charge is 2.12. The molecule has 0 aromatic heterocycles. The molecule has 0 saturated carbocycles. The van der Waals surface area contributed by atoms with Crippen LogP contribution in [0.25, 0.3) is 0 Å². The lowest BCUT2D eigenvalue weighted by Crippen LogP contribution is -2.22. The summed E-state index contributed by atoms with van der Waals surface area (Å²) >= 11 is 3.41. The fourth-order valence-electron chi connectivity index (χ4n) is 1.43. The molecule has 2 nitrogen and oxygen atoms in total. The van der Waals surface area contributed by atoms with Crippen molar-refractivity contribution >= 4 is 39.0 Å². The topological polar surface area (TPSA) is 18.5 Å². The van der Waals surface area contributed by atoms with E-state index in [4.69, 9.17) is 9.47 Å². The molecule has 1 heterocycles. The van der Waals surface area contributed by atoms with E-state index in [0.717, 1.165) is 31.4 Å². The van der Waals surface area contributed by atoms with Crippen LogP contribution < -0.4 is 0 Å². The number of ether oxygens (including phenoxy) is 2. The molecule has 0 aromatic carbocycles. The lowest BCUT2D eigenvalue weighted by atomic mass is 10.2. The van der Waals surface area contributed by atoms with Gasteiger partial charge in [-0.3, -0.25) is 0 Å². The molecule has 2 radical (unpaired) electrons. The number of hydrogen-bond acceptors (Lipinski definition) is 2. The minimum atomic E-state index is 0. The summed E-state index contributed by atoms with van der Waals surface area (Å²) in [4.78, 5) is 0. The van der Waals surface area contributed by atoms with Crippen LogP contribution in [0, 0.1) is 0 Å². The van der Waals surface area contributed by atoms with Crippen molar-refractivity contribution in [2.45, 2.75) is 44.8 Å². The summed E-state index contributed by atoms with van der Waals surface area (Å²) in [5.74, 6) is 0. The molecular formula is C10H19BrMgO2. The van der Waals surface area contributed by atoms with Gasteiger partial charge in [0.05, 0.1) is 0 Å². The van der Waals surface area contributed by atoms with Gasteiger partial charge in [-0.05, 0) is 32.1 Å². The van der Waals surface area contributed by atoms with Crippen molar-refractivity contribution in [2.75, 3.05) is 18.5 Å². The van der Waals surface area contributed by atoms with Gasteiger partial charge in [0.2, 0.25) is 0 Å². The van der Waals surface area contributed by atoms with E-state index in [1.807, 2.05) is 0 Å². The summed E-state index contributed by atoms with van der Waals surface area (Å²) in [6.07, 6.45) is 7.28.